The first-order valence-electron chi connectivity index (χ1n) is 7.49. The van der Waals surface area contributed by atoms with Crippen molar-refractivity contribution in [3.8, 4) is 5.75 Å². The van der Waals surface area contributed by atoms with E-state index >= 15 is 0 Å². The molecule has 0 radical (unpaired) electrons. The molecule has 0 aliphatic heterocycles. The van der Waals surface area contributed by atoms with Gasteiger partial charge < -0.3 is 10.1 Å². The fourth-order valence-electron chi connectivity index (χ4n) is 2.50. The Bertz CT molecular complexity index is 612. The molecule has 23 heavy (non-hydrogen) atoms. The fourth-order valence-corrected chi connectivity index (χ4v) is 2.67. The average molecular weight is 339 g/mol. The van der Waals surface area contributed by atoms with Crippen molar-refractivity contribution in [1.82, 2.24) is 10.6 Å². The maximum absolute atomic E-state index is 11.7. The van der Waals surface area contributed by atoms with Crippen molar-refractivity contribution in [2.75, 3.05) is 6.61 Å². The van der Waals surface area contributed by atoms with Crippen LogP contribution in [0.1, 0.15) is 43.0 Å². The Balaban J connectivity index is 1.84. The second-order valence-electron chi connectivity index (χ2n) is 5.49. The molecule has 124 valence electrons. The van der Waals surface area contributed by atoms with E-state index in [9.17, 15) is 14.4 Å². The van der Waals surface area contributed by atoms with Crippen LogP contribution in [0.4, 0.5) is 4.79 Å². The van der Waals surface area contributed by atoms with Gasteiger partial charge in [0, 0.05) is 11.1 Å². The van der Waals surface area contributed by atoms with E-state index in [1.54, 1.807) is 6.07 Å². The molecule has 0 atom stereocenters. The minimum absolute atomic E-state index is 0.129. The Kier molecular flexibility index (Phi) is 5.98. The minimum atomic E-state index is -0.579. The third-order valence-corrected chi connectivity index (χ3v) is 3.86. The molecule has 1 aromatic carbocycles. The number of nitrogens with one attached hydrogen (secondary N) is 2. The van der Waals surface area contributed by atoms with Crippen LogP contribution in [0.3, 0.4) is 0 Å². The Morgan fingerprint density at radius 2 is 1.96 bits per heavy atom. The number of hydrogen-bond donors (Lipinski definition) is 2. The summed E-state index contributed by atoms with van der Waals surface area (Å²) in [6.07, 6.45) is 4.05. The molecule has 1 aromatic rings. The standard InChI is InChI=1S/C16H19ClN2O4/c1-10(20)13-8-11(17)6-7-14(13)23-9-15(21)19-16(22)18-12-4-2-3-5-12/h6-8,12H,2-5,9H2,1H3,(H2,18,19,21,22). The number of hydrogen-bond acceptors (Lipinski definition) is 4. The van der Waals surface area contributed by atoms with E-state index in [4.69, 9.17) is 16.3 Å². The Hall–Kier alpha value is -2.08. The van der Waals surface area contributed by atoms with Crippen molar-refractivity contribution in [2.45, 2.75) is 38.6 Å². The van der Waals surface area contributed by atoms with Gasteiger partial charge in [-0.3, -0.25) is 14.9 Å². The third-order valence-electron chi connectivity index (χ3n) is 3.62. The third kappa shape index (κ3) is 5.25. The van der Waals surface area contributed by atoms with E-state index < -0.39 is 11.9 Å². The molecular weight excluding hydrogens is 320 g/mol. The first kappa shape index (κ1) is 17.3. The molecule has 1 aliphatic rings. The van der Waals surface area contributed by atoms with Crippen LogP contribution in [-0.4, -0.2) is 30.4 Å². The molecule has 0 unspecified atom stereocenters. The lowest BCUT2D eigenvalue weighted by atomic mass is 10.1. The van der Waals surface area contributed by atoms with Crippen molar-refractivity contribution < 1.29 is 19.1 Å². The van der Waals surface area contributed by atoms with Gasteiger partial charge in [0.2, 0.25) is 0 Å². The molecule has 3 amide bonds. The van der Waals surface area contributed by atoms with Crippen LogP contribution < -0.4 is 15.4 Å². The van der Waals surface area contributed by atoms with Crippen molar-refractivity contribution in [3.63, 3.8) is 0 Å². The maximum Gasteiger partial charge on any atom is 0.321 e. The van der Waals surface area contributed by atoms with Gasteiger partial charge in [-0.05, 0) is 38.0 Å². The molecule has 1 saturated carbocycles. The summed E-state index contributed by atoms with van der Waals surface area (Å²) in [7, 11) is 0. The van der Waals surface area contributed by atoms with Gasteiger partial charge in [-0.15, -0.1) is 0 Å². The van der Waals surface area contributed by atoms with Crippen LogP contribution >= 0.6 is 11.6 Å². The number of carbonyl (C=O) groups is 3. The average Bonchev–Trinajstić information content (AvgIpc) is 2.98. The zero-order chi connectivity index (χ0) is 16.8. The van der Waals surface area contributed by atoms with Crippen LogP contribution in [-0.2, 0) is 4.79 Å². The van der Waals surface area contributed by atoms with Crippen LogP contribution in [0.25, 0.3) is 0 Å². The van der Waals surface area contributed by atoms with Gasteiger partial charge >= 0.3 is 6.03 Å². The predicted octanol–water partition coefficient (Wildman–Crippen LogP) is 2.69. The number of Topliss-reactive ketones (excluding diaryl/α,β-unsaturated/α-hetero) is 1. The van der Waals surface area contributed by atoms with Crippen LogP contribution in [0.15, 0.2) is 18.2 Å². The SMILES string of the molecule is CC(=O)c1cc(Cl)ccc1OCC(=O)NC(=O)NC1CCCC1. The summed E-state index contributed by atoms with van der Waals surface area (Å²) in [5, 5.41) is 5.36. The quantitative estimate of drug-likeness (QED) is 0.808. The molecule has 0 bridgehead atoms. The number of ether oxygens (including phenoxy) is 1. The number of carbonyl (C=O) groups excluding carboxylic acids is 3. The van der Waals surface area contributed by atoms with Crippen molar-refractivity contribution >= 4 is 29.3 Å². The number of imide groups is 1. The predicted molar refractivity (Wildman–Crippen MR) is 85.9 cm³/mol. The highest BCUT2D eigenvalue weighted by molar-refractivity contribution is 6.31. The molecule has 2 N–H and O–H groups in total. The van der Waals surface area contributed by atoms with Crippen LogP contribution in [0.2, 0.25) is 5.02 Å². The van der Waals surface area contributed by atoms with Gasteiger partial charge in [-0.2, -0.15) is 0 Å². The fraction of sp³-hybridized carbons (Fsp3) is 0.438. The van der Waals surface area contributed by atoms with E-state index in [2.05, 4.69) is 10.6 Å². The van der Waals surface area contributed by atoms with Gasteiger partial charge in [0.25, 0.3) is 5.91 Å². The molecule has 6 nitrogen and oxygen atoms in total. The highest BCUT2D eigenvalue weighted by Gasteiger charge is 2.18. The smallest absolute Gasteiger partial charge is 0.321 e. The molecular formula is C16H19ClN2O4. The minimum Gasteiger partial charge on any atom is -0.483 e. The molecule has 0 heterocycles. The van der Waals surface area contributed by atoms with Gasteiger partial charge in [0.05, 0.1) is 5.56 Å². The number of ketones is 1. The topological polar surface area (TPSA) is 84.5 Å². The number of benzene rings is 1. The first-order valence-corrected chi connectivity index (χ1v) is 7.87. The summed E-state index contributed by atoms with van der Waals surface area (Å²) in [5.74, 6) is -0.542. The molecule has 1 fully saturated rings. The Labute approximate surface area is 139 Å². The molecule has 2 rings (SSSR count). The molecule has 0 spiro atoms. The van der Waals surface area contributed by atoms with E-state index in [1.807, 2.05) is 0 Å². The lowest BCUT2D eigenvalue weighted by Gasteiger charge is -2.13. The highest BCUT2D eigenvalue weighted by atomic mass is 35.5. The van der Waals surface area contributed by atoms with E-state index in [-0.39, 0.29) is 24.2 Å². The number of rotatable bonds is 5. The number of urea groups is 1. The molecule has 7 heteroatoms. The monoisotopic (exact) mass is 338 g/mol. The Morgan fingerprint density at radius 3 is 2.61 bits per heavy atom. The summed E-state index contributed by atoms with van der Waals surface area (Å²) in [6, 6.07) is 4.17. The van der Waals surface area contributed by atoms with E-state index in [1.165, 1.54) is 19.1 Å². The summed E-state index contributed by atoms with van der Waals surface area (Å²) in [5.41, 5.74) is 0.292. The first-order chi connectivity index (χ1) is 11.0. The van der Waals surface area contributed by atoms with Crippen LogP contribution in [0.5, 0.6) is 5.75 Å². The molecule has 1 aliphatic carbocycles. The summed E-state index contributed by atoms with van der Waals surface area (Å²) in [4.78, 5) is 34.9. The highest BCUT2D eigenvalue weighted by Crippen LogP contribution is 2.23. The largest absolute Gasteiger partial charge is 0.483 e. The van der Waals surface area contributed by atoms with Crippen LogP contribution in [0, 0.1) is 0 Å². The van der Waals surface area contributed by atoms with Gasteiger partial charge in [0.15, 0.2) is 12.4 Å². The molecule has 0 aromatic heterocycles. The van der Waals surface area contributed by atoms with Crippen molar-refractivity contribution in [2.24, 2.45) is 0 Å². The lowest BCUT2D eigenvalue weighted by Crippen LogP contribution is -2.45. The zero-order valence-corrected chi connectivity index (χ0v) is 13.6. The maximum atomic E-state index is 11.7. The van der Waals surface area contributed by atoms with Gasteiger partial charge in [-0.25, -0.2) is 4.79 Å². The summed E-state index contributed by atoms with van der Waals surface area (Å²) < 4.78 is 5.31. The normalized spacial score (nSPS) is 14.3. The van der Waals surface area contributed by atoms with E-state index in [0.29, 0.717) is 10.6 Å². The molecule has 0 saturated heterocycles. The number of amides is 3. The van der Waals surface area contributed by atoms with Gasteiger partial charge in [0.1, 0.15) is 5.75 Å². The zero-order valence-electron chi connectivity index (χ0n) is 12.9. The Morgan fingerprint density at radius 1 is 1.26 bits per heavy atom. The second kappa shape index (κ2) is 7.97. The second-order valence-corrected chi connectivity index (χ2v) is 5.92. The van der Waals surface area contributed by atoms with Crippen molar-refractivity contribution in [1.29, 1.82) is 0 Å². The summed E-state index contributed by atoms with van der Waals surface area (Å²) in [6.45, 7) is 1.02. The van der Waals surface area contributed by atoms with Gasteiger partial charge in [-0.1, -0.05) is 24.4 Å². The lowest BCUT2D eigenvalue weighted by molar-refractivity contribution is -0.122. The van der Waals surface area contributed by atoms with Crippen molar-refractivity contribution in [3.05, 3.63) is 28.8 Å². The number of halogens is 1. The van der Waals surface area contributed by atoms with E-state index in [0.717, 1.165) is 25.7 Å². The summed E-state index contributed by atoms with van der Waals surface area (Å²) >= 11 is 5.83.